The second-order valence-electron chi connectivity index (χ2n) is 2.94. The molecule has 0 aliphatic rings. The zero-order valence-electron chi connectivity index (χ0n) is 7.82. The molecule has 0 saturated heterocycles. The summed E-state index contributed by atoms with van der Waals surface area (Å²) in [7, 11) is -6.42. The lowest BCUT2D eigenvalue weighted by atomic mass is 10.1. The maximum Gasteiger partial charge on any atom is 0.400 e. The summed E-state index contributed by atoms with van der Waals surface area (Å²) >= 11 is 0. The van der Waals surface area contributed by atoms with Crippen LogP contribution in [0, 0.1) is 29.1 Å². The Morgan fingerprint density at radius 2 is 1.06 bits per heavy atom. The van der Waals surface area contributed by atoms with Crippen molar-refractivity contribution in [2.24, 2.45) is 0 Å². The highest BCUT2D eigenvalue weighted by molar-refractivity contribution is 7.86. The van der Waals surface area contributed by atoms with Crippen molar-refractivity contribution in [2.75, 3.05) is 0 Å². The smallest absolute Gasteiger partial charge is 0.281 e. The molecule has 0 bridgehead atoms. The summed E-state index contributed by atoms with van der Waals surface area (Å²) in [6.45, 7) is 0. The van der Waals surface area contributed by atoms with Crippen molar-refractivity contribution in [1.29, 1.82) is 0 Å². The first-order valence-corrected chi connectivity index (χ1v) is 5.23. The maximum atomic E-state index is 12.9. The van der Waals surface area contributed by atoms with Gasteiger partial charge in [-0.2, -0.15) is 17.2 Å². The number of hydrogen-bond acceptors (Lipinski definition) is 2. The van der Waals surface area contributed by atoms with E-state index in [1.807, 2.05) is 0 Å². The van der Waals surface area contributed by atoms with E-state index in [9.17, 15) is 39.2 Å². The van der Waals surface area contributed by atoms with Gasteiger partial charge in [0, 0.05) is 0 Å². The summed E-state index contributed by atoms with van der Waals surface area (Å²) < 4.78 is 118. The molecule has 1 aromatic rings. The Hall–Kier alpha value is -1.36. The molecule has 0 aromatic heterocycles. The van der Waals surface area contributed by atoms with Gasteiger partial charge in [-0.1, -0.05) is 0 Å². The quantitative estimate of drug-likeness (QED) is 0.394. The molecule has 1 rings (SSSR count). The van der Waals surface area contributed by atoms with Crippen molar-refractivity contribution >= 4 is 10.1 Å². The first-order valence-electron chi connectivity index (χ1n) is 3.79. The third kappa shape index (κ3) is 1.92. The van der Waals surface area contributed by atoms with Crippen molar-refractivity contribution in [3.63, 3.8) is 0 Å². The zero-order valence-corrected chi connectivity index (χ0v) is 8.63. The summed E-state index contributed by atoms with van der Waals surface area (Å²) in [6, 6.07) is 0. The third-order valence-corrected chi connectivity index (χ3v) is 2.68. The number of alkyl halides is 2. The molecular weight excluding hydrogens is 297 g/mol. The molecule has 0 radical (unpaired) electrons. The average molecular weight is 298 g/mol. The van der Waals surface area contributed by atoms with E-state index in [0.29, 0.717) is 0 Å². The lowest BCUT2D eigenvalue weighted by Crippen LogP contribution is -2.29. The Labute approximate surface area is 94.6 Å². The Morgan fingerprint density at radius 3 is 1.33 bits per heavy atom. The van der Waals surface area contributed by atoms with Gasteiger partial charge in [-0.25, -0.2) is 22.0 Å². The first kappa shape index (κ1) is 14.7. The monoisotopic (exact) mass is 298 g/mol. The predicted octanol–water partition coefficient (Wildman–Crippen LogP) is 2.32. The van der Waals surface area contributed by atoms with Gasteiger partial charge in [-0.3, -0.25) is 4.55 Å². The summed E-state index contributed by atoms with van der Waals surface area (Å²) in [5.41, 5.74) is -2.94. The van der Waals surface area contributed by atoms with Gasteiger partial charge in [0.1, 0.15) is 5.56 Å². The van der Waals surface area contributed by atoms with Crippen LogP contribution in [0.3, 0.4) is 0 Å². The lowest BCUT2D eigenvalue weighted by molar-refractivity contribution is 0.0679. The fourth-order valence-corrected chi connectivity index (χ4v) is 1.43. The van der Waals surface area contributed by atoms with Crippen molar-refractivity contribution in [2.45, 2.75) is 5.25 Å². The van der Waals surface area contributed by atoms with E-state index in [4.69, 9.17) is 4.55 Å². The van der Waals surface area contributed by atoms with Crippen molar-refractivity contribution in [3.8, 4) is 0 Å². The predicted molar refractivity (Wildman–Crippen MR) is 41.7 cm³/mol. The normalized spacial score (nSPS) is 12.9. The van der Waals surface area contributed by atoms with E-state index in [2.05, 4.69) is 0 Å². The van der Waals surface area contributed by atoms with Crippen molar-refractivity contribution in [3.05, 3.63) is 34.6 Å². The van der Waals surface area contributed by atoms with Crippen molar-refractivity contribution < 1.29 is 43.7 Å². The van der Waals surface area contributed by atoms with E-state index >= 15 is 0 Å². The number of hydrogen-bond donors (Lipinski definition) is 1. The highest BCUT2D eigenvalue weighted by atomic mass is 32.2. The number of rotatable bonds is 2. The molecule has 0 spiro atoms. The molecule has 102 valence electrons. The van der Waals surface area contributed by atoms with Crippen LogP contribution in [-0.4, -0.2) is 13.0 Å². The minimum atomic E-state index is -6.42. The van der Waals surface area contributed by atoms with Crippen LogP contribution < -0.4 is 0 Å². The molecule has 11 heteroatoms. The van der Waals surface area contributed by atoms with E-state index in [-0.39, 0.29) is 0 Å². The molecule has 0 aliphatic heterocycles. The second kappa shape index (κ2) is 4.09. The van der Waals surface area contributed by atoms with E-state index in [0.717, 1.165) is 0 Å². The summed E-state index contributed by atoms with van der Waals surface area (Å²) in [4.78, 5) is 0. The fourth-order valence-electron chi connectivity index (χ4n) is 0.989. The van der Waals surface area contributed by atoms with Gasteiger partial charge in [-0.05, 0) is 0 Å². The Kier molecular flexibility index (Phi) is 3.34. The third-order valence-electron chi connectivity index (χ3n) is 1.82. The topological polar surface area (TPSA) is 54.4 Å². The first-order chi connectivity index (χ1) is 7.93. The Morgan fingerprint density at radius 1 is 0.778 bits per heavy atom. The SMILES string of the molecule is O=S(=O)(O)C(F)(F)c1c(F)c(F)c(F)c(F)c1F. The summed E-state index contributed by atoms with van der Waals surface area (Å²) in [5, 5.41) is -5.68. The van der Waals surface area contributed by atoms with Gasteiger partial charge in [0.25, 0.3) is 0 Å². The Balaban J connectivity index is 3.84. The molecule has 1 aromatic carbocycles. The zero-order chi connectivity index (χ0) is 14.5. The molecule has 0 amide bonds. The standard InChI is InChI=1S/C7HF7O3S/c8-2-1(7(13,14)18(15,16)17)3(9)5(11)6(12)4(2)10/h(H,15,16,17). The number of benzene rings is 1. The van der Waals surface area contributed by atoms with Crippen LogP contribution in [0.25, 0.3) is 0 Å². The molecule has 1 N–H and O–H groups in total. The lowest BCUT2D eigenvalue weighted by Gasteiger charge is -2.15. The van der Waals surface area contributed by atoms with Crippen LogP contribution >= 0.6 is 0 Å². The van der Waals surface area contributed by atoms with Gasteiger partial charge in [0.2, 0.25) is 5.82 Å². The molecular formula is C7HF7O3S. The summed E-state index contributed by atoms with van der Waals surface area (Å²) in [6.07, 6.45) is 0. The minimum Gasteiger partial charge on any atom is -0.281 e. The molecule has 0 atom stereocenters. The van der Waals surface area contributed by atoms with Crippen LogP contribution in [0.4, 0.5) is 30.7 Å². The van der Waals surface area contributed by atoms with Crippen LogP contribution in [-0.2, 0) is 15.4 Å². The fraction of sp³-hybridized carbons (Fsp3) is 0.143. The van der Waals surface area contributed by atoms with Crippen molar-refractivity contribution in [1.82, 2.24) is 0 Å². The second-order valence-corrected chi connectivity index (χ2v) is 4.40. The van der Waals surface area contributed by atoms with Crippen LogP contribution in [0.2, 0.25) is 0 Å². The van der Waals surface area contributed by atoms with Gasteiger partial charge in [0.15, 0.2) is 23.3 Å². The van der Waals surface area contributed by atoms with Gasteiger partial charge < -0.3 is 0 Å². The molecule has 0 heterocycles. The molecule has 3 nitrogen and oxygen atoms in total. The van der Waals surface area contributed by atoms with Crippen LogP contribution in [0.1, 0.15) is 5.56 Å². The highest BCUT2D eigenvalue weighted by Crippen LogP contribution is 2.38. The van der Waals surface area contributed by atoms with E-state index in [1.165, 1.54) is 0 Å². The molecule has 0 aliphatic carbocycles. The van der Waals surface area contributed by atoms with E-state index < -0.39 is 50.0 Å². The van der Waals surface area contributed by atoms with Crippen LogP contribution in [0.15, 0.2) is 0 Å². The van der Waals surface area contributed by atoms with Gasteiger partial charge in [-0.15, -0.1) is 0 Å². The minimum absolute atomic E-state index is 2.74. The van der Waals surface area contributed by atoms with Gasteiger partial charge in [0.05, 0.1) is 0 Å². The summed E-state index contributed by atoms with van der Waals surface area (Å²) in [5.74, 6) is -14.3. The highest BCUT2D eigenvalue weighted by Gasteiger charge is 2.52. The van der Waals surface area contributed by atoms with Gasteiger partial charge >= 0.3 is 15.4 Å². The molecule has 0 unspecified atom stereocenters. The number of halogens is 7. The molecule has 0 fully saturated rings. The molecule has 18 heavy (non-hydrogen) atoms. The largest absolute Gasteiger partial charge is 0.400 e. The Bertz CT molecular complexity index is 581. The van der Waals surface area contributed by atoms with E-state index in [1.54, 1.807) is 0 Å². The van der Waals surface area contributed by atoms with Crippen LogP contribution in [0.5, 0.6) is 0 Å². The average Bonchev–Trinajstić information content (AvgIpc) is 2.22. The molecule has 0 saturated carbocycles. The maximum absolute atomic E-state index is 12.9.